The van der Waals surface area contributed by atoms with E-state index < -0.39 is 16.1 Å². The van der Waals surface area contributed by atoms with Crippen molar-refractivity contribution < 1.29 is 22.2 Å². The molecular formula is C15H21NO5S. The Balaban J connectivity index is 2.34. The Hall–Kier alpha value is -1.70. The lowest BCUT2D eigenvalue weighted by Gasteiger charge is -2.05. The molecule has 0 aromatic heterocycles. The molecule has 0 heterocycles. The first kappa shape index (κ1) is 18.3. The highest BCUT2D eigenvalue weighted by molar-refractivity contribution is 7.86. The summed E-state index contributed by atoms with van der Waals surface area (Å²) in [5.41, 5.74) is 3.23. The number of nitrogens with one attached hydrogen (secondary N) is 1. The van der Waals surface area contributed by atoms with Crippen LogP contribution in [0.2, 0.25) is 0 Å². The van der Waals surface area contributed by atoms with Gasteiger partial charge in [-0.25, -0.2) is 4.79 Å². The average Bonchev–Trinajstić information content (AvgIpc) is 2.47. The standard InChI is InChI=1S/C15H21NO5S/c1-3-4-12-20-15(17)6-5-11-16-21-22(18,19)14-9-7-13(2)8-10-14/h5-10,16H,3-4,11-12H2,1-2H3. The summed E-state index contributed by atoms with van der Waals surface area (Å²) in [6, 6.07) is 6.30. The number of esters is 1. The average molecular weight is 327 g/mol. The summed E-state index contributed by atoms with van der Waals surface area (Å²) in [6.07, 6.45) is 4.42. The van der Waals surface area contributed by atoms with Crippen LogP contribution in [-0.2, 0) is 23.9 Å². The molecule has 0 radical (unpaired) electrons. The van der Waals surface area contributed by atoms with Crippen LogP contribution in [0.1, 0.15) is 25.3 Å². The molecule has 1 aromatic rings. The molecule has 1 aromatic carbocycles. The van der Waals surface area contributed by atoms with Crippen LogP contribution in [0.25, 0.3) is 0 Å². The van der Waals surface area contributed by atoms with Crippen LogP contribution in [0.4, 0.5) is 0 Å². The minimum atomic E-state index is -3.86. The second-order valence-electron chi connectivity index (χ2n) is 4.62. The normalized spacial score (nSPS) is 11.7. The molecule has 7 heteroatoms. The zero-order chi connectivity index (χ0) is 16.4. The van der Waals surface area contributed by atoms with Crippen molar-refractivity contribution in [3.63, 3.8) is 0 Å². The van der Waals surface area contributed by atoms with Crippen LogP contribution in [0.3, 0.4) is 0 Å². The highest BCUT2D eigenvalue weighted by Crippen LogP contribution is 2.11. The summed E-state index contributed by atoms with van der Waals surface area (Å²) in [5, 5.41) is 0. The molecule has 0 aliphatic rings. The van der Waals surface area contributed by atoms with Crippen molar-refractivity contribution in [2.75, 3.05) is 13.2 Å². The van der Waals surface area contributed by atoms with Crippen LogP contribution in [0.15, 0.2) is 41.3 Å². The van der Waals surface area contributed by atoms with Gasteiger partial charge in [-0.05, 0) is 25.5 Å². The topological polar surface area (TPSA) is 81.7 Å². The third-order valence-electron chi connectivity index (χ3n) is 2.68. The zero-order valence-electron chi connectivity index (χ0n) is 12.7. The maximum atomic E-state index is 11.8. The van der Waals surface area contributed by atoms with Crippen LogP contribution in [-0.4, -0.2) is 27.5 Å². The molecule has 22 heavy (non-hydrogen) atoms. The number of benzene rings is 1. The quantitative estimate of drug-likeness (QED) is 0.324. The third kappa shape index (κ3) is 6.84. The van der Waals surface area contributed by atoms with Gasteiger partial charge in [-0.3, -0.25) is 0 Å². The van der Waals surface area contributed by atoms with E-state index in [0.717, 1.165) is 18.4 Å². The van der Waals surface area contributed by atoms with Gasteiger partial charge in [0.2, 0.25) is 0 Å². The molecule has 0 bridgehead atoms. The van der Waals surface area contributed by atoms with E-state index in [0.29, 0.717) is 6.61 Å². The SMILES string of the molecule is CCCCOC(=O)C=CCNOS(=O)(=O)c1ccc(C)cc1. The van der Waals surface area contributed by atoms with Gasteiger partial charge >= 0.3 is 16.1 Å². The molecule has 6 nitrogen and oxygen atoms in total. The number of hydroxylamine groups is 1. The van der Waals surface area contributed by atoms with Gasteiger partial charge in [0, 0.05) is 12.6 Å². The fourth-order valence-corrected chi connectivity index (χ4v) is 2.22. The molecule has 0 spiro atoms. The molecule has 0 fully saturated rings. The smallest absolute Gasteiger partial charge is 0.330 e. The van der Waals surface area contributed by atoms with Crippen molar-refractivity contribution in [1.82, 2.24) is 5.48 Å². The number of hydrogen-bond acceptors (Lipinski definition) is 6. The minimum absolute atomic E-state index is 0.0635. The Morgan fingerprint density at radius 2 is 1.95 bits per heavy atom. The summed E-state index contributed by atoms with van der Waals surface area (Å²) >= 11 is 0. The molecule has 1 N–H and O–H groups in total. The predicted molar refractivity (Wildman–Crippen MR) is 82.5 cm³/mol. The maximum Gasteiger partial charge on any atom is 0.330 e. The zero-order valence-corrected chi connectivity index (χ0v) is 13.6. The molecule has 0 atom stereocenters. The molecule has 0 aliphatic carbocycles. The summed E-state index contributed by atoms with van der Waals surface area (Å²) in [4.78, 5) is 11.3. The van der Waals surface area contributed by atoms with Crippen molar-refractivity contribution in [3.05, 3.63) is 42.0 Å². The lowest BCUT2D eigenvalue weighted by Crippen LogP contribution is -2.20. The number of carbonyl (C=O) groups excluding carboxylic acids is 1. The minimum Gasteiger partial charge on any atom is -0.463 e. The Labute approximate surface area is 131 Å². The van der Waals surface area contributed by atoms with Crippen molar-refractivity contribution >= 4 is 16.1 Å². The molecule has 0 unspecified atom stereocenters. The fourth-order valence-electron chi connectivity index (χ4n) is 1.43. The Morgan fingerprint density at radius 1 is 1.27 bits per heavy atom. The van der Waals surface area contributed by atoms with Gasteiger partial charge in [0.15, 0.2) is 0 Å². The van der Waals surface area contributed by atoms with E-state index in [1.54, 1.807) is 12.1 Å². The van der Waals surface area contributed by atoms with Crippen molar-refractivity contribution in [2.24, 2.45) is 0 Å². The third-order valence-corrected chi connectivity index (χ3v) is 3.86. The summed E-state index contributed by atoms with van der Waals surface area (Å²) < 4.78 is 33.2. The molecular weight excluding hydrogens is 306 g/mol. The second-order valence-corrected chi connectivity index (χ2v) is 6.17. The number of carbonyl (C=O) groups is 1. The highest BCUT2D eigenvalue weighted by atomic mass is 32.2. The Bertz CT molecular complexity index is 593. The number of hydrogen-bond donors (Lipinski definition) is 1. The van der Waals surface area contributed by atoms with Gasteiger partial charge in [0.1, 0.15) is 0 Å². The van der Waals surface area contributed by atoms with E-state index in [4.69, 9.17) is 4.74 Å². The van der Waals surface area contributed by atoms with Crippen molar-refractivity contribution in [3.8, 4) is 0 Å². The molecule has 0 aliphatic heterocycles. The van der Waals surface area contributed by atoms with E-state index in [-0.39, 0.29) is 11.4 Å². The van der Waals surface area contributed by atoms with Gasteiger partial charge < -0.3 is 4.74 Å². The second kappa shape index (κ2) is 9.34. The van der Waals surface area contributed by atoms with E-state index in [1.165, 1.54) is 24.3 Å². The largest absolute Gasteiger partial charge is 0.463 e. The number of aryl methyl sites for hydroxylation is 1. The van der Waals surface area contributed by atoms with Gasteiger partial charge in [0.25, 0.3) is 0 Å². The Morgan fingerprint density at radius 3 is 2.59 bits per heavy atom. The molecule has 0 amide bonds. The first-order chi connectivity index (χ1) is 10.5. The predicted octanol–water partition coefficient (Wildman–Crippen LogP) is 2.10. The lowest BCUT2D eigenvalue weighted by molar-refractivity contribution is -0.137. The summed E-state index contributed by atoms with van der Waals surface area (Å²) in [6.45, 7) is 4.30. The van der Waals surface area contributed by atoms with E-state index in [1.807, 2.05) is 13.8 Å². The first-order valence-electron chi connectivity index (χ1n) is 7.02. The van der Waals surface area contributed by atoms with Crippen molar-refractivity contribution in [1.29, 1.82) is 0 Å². The van der Waals surface area contributed by atoms with Crippen molar-refractivity contribution in [2.45, 2.75) is 31.6 Å². The molecule has 122 valence electrons. The van der Waals surface area contributed by atoms with E-state index >= 15 is 0 Å². The fraction of sp³-hybridized carbons (Fsp3) is 0.400. The van der Waals surface area contributed by atoms with E-state index in [9.17, 15) is 13.2 Å². The molecule has 1 rings (SSSR count). The van der Waals surface area contributed by atoms with Gasteiger partial charge in [-0.1, -0.05) is 37.1 Å². The van der Waals surface area contributed by atoms with E-state index in [2.05, 4.69) is 9.76 Å². The van der Waals surface area contributed by atoms with Gasteiger partial charge in [-0.15, -0.1) is 0 Å². The molecule has 0 saturated heterocycles. The van der Waals surface area contributed by atoms with Crippen LogP contribution in [0.5, 0.6) is 0 Å². The number of ether oxygens (including phenoxy) is 1. The summed E-state index contributed by atoms with van der Waals surface area (Å²) in [5.74, 6) is -0.461. The van der Waals surface area contributed by atoms with Crippen LogP contribution in [0, 0.1) is 6.92 Å². The highest BCUT2D eigenvalue weighted by Gasteiger charge is 2.14. The maximum absolute atomic E-state index is 11.8. The molecule has 0 saturated carbocycles. The number of rotatable bonds is 9. The van der Waals surface area contributed by atoms with Crippen LogP contribution < -0.4 is 5.48 Å². The van der Waals surface area contributed by atoms with Gasteiger partial charge in [0.05, 0.1) is 11.5 Å². The Kier molecular flexibility index (Phi) is 7.79. The lowest BCUT2D eigenvalue weighted by atomic mass is 10.2. The first-order valence-corrected chi connectivity index (χ1v) is 8.43. The van der Waals surface area contributed by atoms with Gasteiger partial charge in [-0.2, -0.15) is 18.2 Å². The monoisotopic (exact) mass is 327 g/mol. The van der Waals surface area contributed by atoms with Crippen LogP contribution >= 0.6 is 0 Å². The summed E-state index contributed by atoms with van der Waals surface area (Å²) in [7, 11) is -3.86. The number of unbranched alkanes of at least 4 members (excludes halogenated alkanes) is 1.